The Labute approximate surface area is 415 Å². The van der Waals surface area contributed by atoms with Crippen LogP contribution in [0.15, 0.2) is 88.5 Å². The molecule has 0 aromatic heterocycles. The normalized spacial score (nSPS) is 10.4. The third kappa shape index (κ3) is 25.3. The molecule has 0 spiro atoms. The minimum Gasteiger partial charge on any atom is -0.871 e. The molecule has 0 saturated heterocycles. The Morgan fingerprint density at radius 2 is 0.721 bits per heavy atom. The summed E-state index contributed by atoms with van der Waals surface area (Å²) in [7, 11) is 0. The quantitative estimate of drug-likeness (QED) is 0.126. The number of nitriles is 2. The van der Waals surface area contributed by atoms with Gasteiger partial charge < -0.3 is 20.4 Å². The van der Waals surface area contributed by atoms with Gasteiger partial charge in [0.1, 0.15) is 0 Å². The maximum atomic E-state index is 12.2. The van der Waals surface area contributed by atoms with Crippen LogP contribution in [0.4, 0.5) is 11.4 Å². The molecule has 0 bridgehead atoms. The summed E-state index contributed by atoms with van der Waals surface area (Å²) < 4.78 is 2.78. The molecule has 0 N–H and O–H groups in total. The summed E-state index contributed by atoms with van der Waals surface area (Å²) in [6, 6.07) is 23.2. The van der Waals surface area contributed by atoms with E-state index in [1.165, 1.54) is 36.1 Å². The fraction of sp³-hybridized carbons (Fsp3) is 0.417. The van der Waals surface area contributed by atoms with E-state index in [2.05, 4.69) is 156 Å². The van der Waals surface area contributed by atoms with Gasteiger partial charge in [-0.15, -0.1) is 12.2 Å². The van der Waals surface area contributed by atoms with Gasteiger partial charge in [0, 0.05) is 44.2 Å². The fourth-order valence-electron chi connectivity index (χ4n) is 4.94. The van der Waals surface area contributed by atoms with Gasteiger partial charge in [-0.1, -0.05) is 195 Å². The van der Waals surface area contributed by atoms with Gasteiger partial charge in [-0.25, -0.2) is 0 Å². The second-order valence-electron chi connectivity index (χ2n) is 14.9. The second-order valence-corrected chi connectivity index (χ2v) is 18.4. The molecule has 13 heteroatoms. The summed E-state index contributed by atoms with van der Waals surface area (Å²) in [5.41, 5.74) is 7.91. The van der Waals surface area contributed by atoms with Crippen molar-refractivity contribution in [3.05, 3.63) is 112 Å². The molecular weight excluding hydrogens is 1060 g/mol. The molecule has 0 radical (unpaired) electrons. The van der Waals surface area contributed by atoms with Crippen molar-refractivity contribution >= 4 is 87.5 Å². The van der Waals surface area contributed by atoms with Crippen LogP contribution in [0.2, 0.25) is 0 Å². The van der Waals surface area contributed by atoms with Gasteiger partial charge in [-0.3, -0.25) is 9.98 Å². The van der Waals surface area contributed by atoms with Crippen molar-refractivity contribution in [1.82, 2.24) is 0 Å². The predicted octanol–water partition coefficient (Wildman–Crippen LogP) is 13.1. The molecule has 61 heavy (non-hydrogen) atoms. The van der Waals surface area contributed by atoms with Crippen LogP contribution < -0.4 is 20.4 Å². The zero-order valence-electron chi connectivity index (χ0n) is 37.8. The third-order valence-corrected chi connectivity index (χ3v) is 9.52. The Kier molecular flexibility index (Phi) is 34.8. The van der Waals surface area contributed by atoms with E-state index >= 15 is 0 Å². The minimum absolute atomic E-state index is 0. The van der Waals surface area contributed by atoms with Crippen molar-refractivity contribution in [2.24, 2.45) is 9.98 Å². The van der Waals surface area contributed by atoms with E-state index < -0.39 is 12.2 Å². The van der Waals surface area contributed by atoms with Crippen LogP contribution >= 0.6 is 63.7 Å². The molecule has 0 amide bonds. The van der Waals surface area contributed by atoms with Crippen molar-refractivity contribution in [1.29, 1.82) is 10.5 Å². The van der Waals surface area contributed by atoms with Gasteiger partial charge in [0.05, 0.1) is 23.5 Å². The average Bonchev–Trinajstić information content (AvgIpc) is 3.13. The molecule has 328 valence electrons. The minimum atomic E-state index is -0.417. The van der Waals surface area contributed by atoms with E-state index in [1.54, 1.807) is 76.5 Å². The predicted molar refractivity (Wildman–Crippen MR) is 259 cm³/mol. The van der Waals surface area contributed by atoms with E-state index in [-0.39, 0.29) is 33.2 Å². The van der Waals surface area contributed by atoms with Crippen molar-refractivity contribution in [3.8, 4) is 23.6 Å². The molecule has 0 unspecified atom stereocenters. The number of aliphatic imine (C=N–C) groups is 2. The van der Waals surface area contributed by atoms with Gasteiger partial charge in [-0.2, -0.15) is 10.5 Å². The standard InChI is InChI=1S/2C19H21Br2NO.2C3H7O.2C2H3N.Ti/c2*1-11(2)15-6-5-7-16(12(3)4)18(15)22-10-13-8-14(20)9-17(21)19(13)23;2*1-3(2)4;2*1-2-3;/h2*5-12,23H,1-4H3;2*3H,1-2H3;2*1H3;/q;;2*-1;;;+4/p-2. The van der Waals surface area contributed by atoms with Crippen LogP contribution in [0.5, 0.6) is 11.5 Å². The van der Waals surface area contributed by atoms with Gasteiger partial charge >= 0.3 is 21.7 Å². The maximum Gasteiger partial charge on any atom is 4.00 e. The van der Waals surface area contributed by atoms with Crippen molar-refractivity contribution in [3.63, 3.8) is 0 Å². The number of rotatable bonds is 8. The Morgan fingerprint density at radius 3 is 0.918 bits per heavy atom. The first-order chi connectivity index (χ1) is 27.9. The summed E-state index contributed by atoms with van der Waals surface area (Å²) in [5.74, 6) is 1.41. The number of hydrogen-bond donors (Lipinski definition) is 0. The zero-order valence-corrected chi connectivity index (χ0v) is 45.7. The van der Waals surface area contributed by atoms with Crippen molar-refractivity contribution in [2.75, 3.05) is 0 Å². The Morgan fingerprint density at radius 1 is 0.508 bits per heavy atom. The van der Waals surface area contributed by atoms with Gasteiger partial charge in [0.15, 0.2) is 0 Å². The van der Waals surface area contributed by atoms with Crippen molar-refractivity contribution in [2.45, 2.75) is 133 Å². The molecule has 0 atom stereocenters. The van der Waals surface area contributed by atoms with Gasteiger partial charge in [0.2, 0.25) is 0 Å². The monoisotopic (exact) mass is 1120 g/mol. The largest absolute Gasteiger partial charge is 4.00 e. The number of halogens is 4. The molecule has 0 aliphatic carbocycles. The maximum absolute atomic E-state index is 12.2. The molecule has 0 saturated carbocycles. The van der Waals surface area contributed by atoms with E-state index in [0.717, 1.165) is 20.3 Å². The summed E-state index contributed by atoms with van der Waals surface area (Å²) in [5, 5.41) is 58.1. The first-order valence-electron chi connectivity index (χ1n) is 19.5. The molecule has 0 fully saturated rings. The van der Waals surface area contributed by atoms with Crippen molar-refractivity contribution < 1.29 is 42.1 Å². The summed E-state index contributed by atoms with van der Waals surface area (Å²) in [4.78, 5) is 9.39. The SMILES string of the molecule is CC#N.CC#N.CC(C)[O-].CC(C)[O-].CC(C)c1cccc(C(C)C)c1N=Cc1cc(Br)cc(Br)c1[O-].CC(C)c1cccc(C(C)C)c1N=Cc1cc(Br)cc(Br)c1[O-].[Ti+4]. The van der Waals surface area contributed by atoms with E-state index in [9.17, 15) is 20.4 Å². The summed E-state index contributed by atoms with van der Waals surface area (Å²) in [6.45, 7) is 26.6. The van der Waals surface area contributed by atoms with E-state index in [1.807, 2.05) is 0 Å². The zero-order chi connectivity index (χ0) is 46.9. The van der Waals surface area contributed by atoms with Gasteiger partial charge in [-0.05, 0) is 81.3 Å². The topological polar surface area (TPSA) is 165 Å². The van der Waals surface area contributed by atoms with E-state index in [4.69, 9.17) is 20.5 Å². The Balaban J connectivity index is -0.000000834. The Bertz CT molecular complexity index is 1830. The molecule has 4 aromatic carbocycles. The number of nitrogens with zero attached hydrogens (tertiary/aromatic N) is 4. The average molecular weight is 1120 g/mol. The second kappa shape index (κ2) is 33.9. The van der Waals surface area contributed by atoms with Crippen LogP contribution in [0, 0.1) is 22.7 Å². The van der Waals surface area contributed by atoms with Crippen LogP contribution in [0.25, 0.3) is 0 Å². The third-order valence-electron chi connectivity index (χ3n) is 7.42. The number of benzene rings is 4. The molecule has 4 rings (SSSR count). The molecule has 0 aliphatic rings. The Hall–Kier alpha value is -2.65. The summed E-state index contributed by atoms with van der Waals surface area (Å²) in [6.07, 6.45) is 2.51. The molecule has 8 nitrogen and oxygen atoms in total. The molecule has 4 aromatic rings. The molecular formula is C48H60Br4N4O4Ti. The smallest absolute Gasteiger partial charge is 0.871 e. The van der Waals surface area contributed by atoms with Crippen LogP contribution in [0.3, 0.4) is 0 Å². The van der Waals surface area contributed by atoms with Crippen LogP contribution in [-0.2, 0) is 21.7 Å². The number of hydrogen-bond acceptors (Lipinski definition) is 8. The number of para-hydroxylation sites is 2. The fourth-order valence-corrected chi connectivity index (χ4v) is 7.46. The first kappa shape index (κ1) is 62.6. The molecule has 0 aliphatic heterocycles. The van der Waals surface area contributed by atoms with Gasteiger partial charge in [0.25, 0.3) is 0 Å². The summed E-state index contributed by atoms with van der Waals surface area (Å²) >= 11 is 13.4. The van der Waals surface area contributed by atoms with E-state index in [0.29, 0.717) is 43.7 Å². The first-order valence-corrected chi connectivity index (χ1v) is 22.7. The van der Waals surface area contributed by atoms with Crippen LogP contribution in [0.1, 0.15) is 154 Å². The molecule has 0 heterocycles. The van der Waals surface area contributed by atoms with Crippen LogP contribution in [-0.4, -0.2) is 24.6 Å².